The van der Waals surface area contributed by atoms with E-state index < -0.39 is 0 Å². The van der Waals surface area contributed by atoms with Crippen molar-refractivity contribution in [3.05, 3.63) is 0 Å². The molecule has 1 aliphatic heterocycles. The van der Waals surface area contributed by atoms with E-state index in [1.54, 1.807) is 0 Å². The summed E-state index contributed by atoms with van der Waals surface area (Å²) in [4.78, 5) is 2.53. The Bertz CT molecular complexity index is 156. The van der Waals surface area contributed by atoms with Gasteiger partial charge in [0.05, 0.1) is 0 Å². The van der Waals surface area contributed by atoms with Crippen LogP contribution in [0.5, 0.6) is 0 Å². The first-order valence-electron chi connectivity index (χ1n) is 6.32. The molecule has 2 N–H and O–H groups in total. The van der Waals surface area contributed by atoms with E-state index >= 15 is 0 Å². The molecule has 15 heavy (non-hydrogen) atoms. The van der Waals surface area contributed by atoms with Crippen LogP contribution in [0.1, 0.15) is 39.5 Å². The van der Waals surface area contributed by atoms with Crippen LogP contribution >= 0.6 is 0 Å². The van der Waals surface area contributed by atoms with E-state index in [1.165, 1.54) is 25.9 Å². The minimum Gasteiger partial charge on any atom is -0.396 e. The Kier molecular flexibility index (Phi) is 6.22. The van der Waals surface area contributed by atoms with Crippen LogP contribution in [0.3, 0.4) is 0 Å². The highest BCUT2D eigenvalue weighted by atomic mass is 16.2. The van der Waals surface area contributed by atoms with Gasteiger partial charge in [-0.15, -0.1) is 0 Å². The largest absolute Gasteiger partial charge is 0.396 e. The van der Waals surface area contributed by atoms with E-state index in [1.807, 2.05) is 0 Å². The maximum atomic E-state index is 8.77. The fourth-order valence-electron chi connectivity index (χ4n) is 2.18. The summed E-state index contributed by atoms with van der Waals surface area (Å²) in [5, 5.41) is 12.3. The highest BCUT2D eigenvalue weighted by Crippen LogP contribution is 2.10. The molecule has 1 rings (SSSR count). The van der Waals surface area contributed by atoms with Gasteiger partial charge in [0.25, 0.3) is 0 Å². The lowest BCUT2D eigenvalue weighted by Gasteiger charge is -2.29. The molecule has 0 aromatic rings. The van der Waals surface area contributed by atoms with Crippen LogP contribution in [0.25, 0.3) is 0 Å². The van der Waals surface area contributed by atoms with E-state index in [2.05, 4.69) is 24.1 Å². The molecule has 0 aromatic heterocycles. The maximum Gasteiger partial charge on any atom is 0.0431 e. The summed E-state index contributed by atoms with van der Waals surface area (Å²) < 4.78 is 0. The smallest absolute Gasteiger partial charge is 0.0431 e. The predicted molar refractivity (Wildman–Crippen MR) is 64.1 cm³/mol. The Labute approximate surface area is 93.9 Å². The molecule has 1 unspecified atom stereocenters. The molecule has 0 radical (unpaired) electrons. The molecule has 3 heteroatoms. The predicted octanol–water partition coefficient (Wildman–Crippen LogP) is 1.22. The maximum absolute atomic E-state index is 8.77. The number of rotatable bonds is 7. The van der Waals surface area contributed by atoms with Crippen LogP contribution in [0, 0.1) is 0 Å². The number of nitrogens with one attached hydrogen (secondary N) is 1. The number of unbranched alkanes of at least 4 members (excludes halogenated alkanes) is 1. The van der Waals surface area contributed by atoms with Crippen molar-refractivity contribution in [2.24, 2.45) is 0 Å². The van der Waals surface area contributed by atoms with Gasteiger partial charge in [-0.3, -0.25) is 4.90 Å². The molecular formula is C12H26N2O. The van der Waals surface area contributed by atoms with Crippen LogP contribution in [0.4, 0.5) is 0 Å². The fraction of sp³-hybridized carbons (Fsp3) is 1.00. The Hall–Kier alpha value is -0.120. The lowest BCUT2D eigenvalue weighted by molar-refractivity contribution is 0.190. The average Bonchev–Trinajstić information content (AvgIpc) is 2.69. The van der Waals surface area contributed by atoms with Gasteiger partial charge in [0, 0.05) is 25.2 Å². The molecule has 1 fully saturated rings. The summed E-state index contributed by atoms with van der Waals surface area (Å²) in [5.74, 6) is 0. The third kappa shape index (κ3) is 4.96. The van der Waals surface area contributed by atoms with Crippen molar-refractivity contribution in [3.63, 3.8) is 0 Å². The molecule has 1 atom stereocenters. The summed E-state index contributed by atoms with van der Waals surface area (Å²) in [6.45, 7) is 8.32. The molecule has 0 spiro atoms. The van der Waals surface area contributed by atoms with Gasteiger partial charge in [-0.25, -0.2) is 0 Å². The monoisotopic (exact) mass is 214 g/mol. The van der Waals surface area contributed by atoms with E-state index in [-0.39, 0.29) is 0 Å². The molecule has 0 saturated carbocycles. The minimum atomic E-state index is 0.327. The van der Waals surface area contributed by atoms with Gasteiger partial charge in [-0.05, 0) is 52.6 Å². The van der Waals surface area contributed by atoms with Gasteiger partial charge >= 0.3 is 0 Å². The van der Waals surface area contributed by atoms with Crippen molar-refractivity contribution >= 4 is 0 Å². The molecule has 3 nitrogen and oxygen atoms in total. The zero-order chi connectivity index (χ0) is 11.1. The van der Waals surface area contributed by atoms with Crippen molar-refractivity contribution in [3.8, 4) is 0 Å². The van der Waals surface area contributed by atoms with Gasteiger partial charge in [0.1, 0.15) is 0 Å². The van der Waals surface area contributed by atoms with Gasteiger partial charge < -0.3 is 10.4 Å². The Morgan fingerprint density at radius 1 is 1.40 bits per heavy atom. The molecule has 0 amide bonds. The van der Waals surface area contributed by atoms with Crippen LogP contribution in [-0.2, 0) is 0 Å². The van der Waals surface area contributed by atoms with Gasteiger partial charge in [0.2, 0.25) is 0 Å². The number of hydrogen-bond acceptors (Lipinski definition) is 3. The van der Waals surface area contributed by atoms with Crippen molar-refractivity contribution < 1.29 is 5.11 Å². The standard InChI is InChI=1S/C12H26N2O/c1-11(2)14(8-3-4-9-15)10-12-6-5-7-13-12/h11-13,15H,3-10H2,1-2H3. The quantitative estimate of drug-likeness (QED) is 0.626. The second-order valence-corrected chi connectivity index (χ2v) is 4.81. The second-order valence-electron chi connectivity index (χ2n) is 4.81. The first kappa shape index (κ1) is 12.9. The zero-order valence-corrected chi connectivity index (χ0v) is 10.2. The van der Waals surface area contributed by atoms with E-state index in [0.29, 0.717) is 18.7 Å². The van der Waals surface area contributed by atoms with Crippen LogP contribution in [-0.4, -0.2) is 48.3 Å². The van der Waals surface area contributed by atoms with Crippen molar-refractivity contribution in [2.45, 2.75) is 51.6 Å². The molecule has 1 saturated heterocycles. The molecule has 90 valence electrons. The molecule has 0 aromatic carbocycles. The summed E-state index contributed by atoms with van der Waals surface area (Å²) in [6.07, 6.45) is 4.69. The molecule has 1 heterocycles. The average molecular weight is 214 g/mol. The molecule has 1 aliphatic rings. The van der Waals surface area contributed by atoms with Crippen LogP contribution < -0.4 is 5.32 Å². The van der Waals surface area contributed by atoms with Crippen LogP contribution in [0.15, 0.2) is 0 Å². The van der Waals surface area contributed by atoms with Gasteiger partial charge in [-0.2, -0.15) is 0 Å². The Morgan fingerprint density at radius 2 is 2.20 bits per heavy atom. The minimum absolute atomic E-state index is 0.327. The lowest BCUT2D eigenvalue weighted by Crippen LogP contribution is -2.41. The number of hydrogen-bond donors (Lipinski definition) is 2. The lowest BCUT2D eigenvalue weighted by atomic mass is 10.1. The SMILES string of the molecule is CC(C)N(CCCCO)CC1CCCN1. The summed E-state index contributed by atoms with van der Waals surface area (Å²) >= 11 is 0. The Balaban J connectivity index is 2.22. The van der Waals surface area contributed by atoms with E-state index in [9.17, 15) is 0 Å². The number of aliphatic hydroxyl groups excluding tert-OH is 1. The second kappa shape index (κ2) is 7.20. The zero-order valence-electron chi connectivity index (χ0n) is 10.2. The summed E-state index contributed by atoms with van der Waals surface area (Å²) in [5.41, 5.74) is 0. The van der Waals surface area contributed by atoms with Gasteiger partial charge in [-0.1, -0.05) is 0 Å². The Morgan fingerprint density at radius 3 is 2.73 bits per heavy atom. The molecule has 0 bridgehead atoms. The first-order chi connectivity index (χ1) is 7.24. The van der Waals surface area contributed by atoms with Crippen LogP contribution in [0.2, 0.25) is 0 Å². The normalized spacial score (nSPS) is 21.8. The number of nitrogens with zero attached hydrogens (tertiary/aromatic N) is 1. The summed E-state index contributed by atoms with van der Waals surface area (Å²) in [6, 6.07) is 1.31. The molecule has 0 aliphatic carbocycles. The van der Waals surface area contributed by atoms with Crippen molar-refractivity contribution in [2.75, 3.05) is 26.2 Å². The van der Waals surface area contributed by atoms with E-state index in [0.717, 1.165) is 19.4 Å². The van der Waals surface area contributed by atoms with Crippen molar-refractivity contribution in [1.82, 2.24) is 10.2 Å². The van der Waals surface area contributed by atoms with Gasteiger partial charge in [0.15, 0.2) is 0 Å². The molecular weight excluding hydrogens is 188 g/mol. The number of aliphatic hydroxyl groups is 1. The summed E-state index contributed by atoms with van der Waals surface area (Å²) in [7, 11) is 0. The highest BCUT2D eigenvalue weighted by Gasteiger charge is 2.18. The highest BCUT2D eigenvalue weighted by molar-refractivity contribution is 4.79. The fourth-order valence-corrected chi connectivity index (χ4v) is 2.18. The van der Waals surface area contributed by atoms with Crippen molar-refractivity contribution in [1.29, 1.82) is 0 Å². The third-order valence-electron chi connectivity index (χ3n) is 3.20. The third-order valence-corrected chi connectivity index (χ3v) is 3.20. The topological polar surface area (TPSA) is 35.5 Å². The van der Waals surface area contributed by atoms with E-state index in [4.69, 9.17) is 5.11 Å². The first-order valence-corrected chi connectivity index (χ1v) is 6.32.